The van der Waals surface area contributed by atoms with E-state index in [1.807, 2.05) is 29.2 Å². The lowest BCUT2D eigenvalue weighted by Crippen LogP contribution is -2.54. The van der Waals surface area contributed by atoms with E-state index in [1.165, 1.54) is 5.56 Å². The largest absolute Gasteiger partial charge is 0.350 e. The number of piperidine rings is 1. The van der Waals surface area contributed by atoms with Gasteiger partial charge in [0.2, 0.25) is 11.8 Å². The van der Waals surface area contributed by atoms with E-state index in [2.05, 4.69) is 15.2 Å². The molecule has 0 spiro atoms. The standard InChI is InChI=1S/C26H32ClN5O3/c27-23-3-1-20(2-4-23)15-29-25(34)18-32-14-13-31(19-26(32)35)17-24(33)22-7-11-30(12-8-22)16-21-5-9-28-10-6-21/h1-6,9-10,22H,7-8,11-19H2,(H,29,34). The fourth-order valence-electron chi connectivity index (χ4n) is 4.60. The smallest absolute Gasteiger partial charge is 0.239 e. The van der Waals surface area contributed by atoms with Gasteiger partial charge in [0.05, 0.1) is 19.6 Å². The molecular formula is C26H32ClN5O3. The van der Waals surface area contributed by atoms with E-state index in [1.54, 1.807) is 29.4 Å². The number of benzene rings is 1. The number of likely N-dealkylation sites (tertiary alicyclic amines) is 1. The second-order valence-corrected chi connectivity index (χ2v) is 9.74. The summed E-state index contributed by atoms with van der Waals surface area (Å²) >= 11 is 5.88. The molecule has 3 heterocycles. The molecule has 0 unspecified atom stereocenters. The Hall–Kier alpha value is -2.81. The second-order valence-electron chi connectivity index (χ2n) is 9.30. The molecule has 2 aliphatic heterocycles. The molecule has 4 rings (SSSR count). The van der Waals surface area contributed by atoms with Crippen LogP contribution in [-0.4, -0.2) is 83.1 Å². The van der Waals surface area contributed by atoms with Crippen LogP contribution in [0.4, 0.5) is 0 Å². The Labute approximate surface area is 211 Å². The van der Waals surface area contributed by atoms with Gasteiger partial charge in [-0.1, -0.05) is 23.7 Å². The summed E-state index contributed by atoms with van der Waals surface area (Å²) in [5.74, 6) is -0.0415. The van der Waals surface area contributed by atoms with E-state index in [9.17, 15) is 14.4 Å². The SMILES string of the molecule is O=C(CN1CCN(CC(=O)C2CCN(Cc3ccncc3)CC2)CC1=O)NCc1ccc(Cl)cc1. The van der Waals surface area contributed by atoms with Crippen molar-refractivity contribution in [3.05, 3.63) is 64.9 Å². The number of rotatable bonds is 9. The van der Waals surface area contributed by atoms with Crippen molar-refractivity contribution >= 4 is 29.2 Å². The van der Waals surface area contributed by atoms with Crippen LogP contribution in [0.3, 0.4) is 0 Å². The van der Waals surface area contributed by atoms with Gasteiger partial charge in [-0.25, -0.2) is 0 Å². The lowest BCUT2D eigenvalue weighted by Gasteiger charge is -2.35. The molecule has 0 aliphatic carbocycles. The average Bonchev–Trinajstić information content (AvgIpc) is 2.86. The van der Waals surface area contributed by atoms with Gasteiger partial charge in [0.1, 0.15) is 5.78 Å². The highest BCUT2D eigenvalue weighted by Crippen LogP contribution is 2.20. The van der Waals surface area contributed by atoms with Gasteiger partial charge in [0, 0.05) is 49.5 Å². The Morgan fingerprint density at radius 1 is 0.914 bits per heavy atom. The summed E-state index contributed by atoms with van der Waals surface area (Å²) in [4.78, 5) is 47.7. The number of nitrogens with one attached hydrogen (secondary N) is 1. The third-order valence-electron chi connectivity index (χ3n) is 6.71. The van der Waals surface area contributed by atoms with Crippen molar-refractivity contribution in [3.63, 3.8) is 0 Å². The summed E-state index contributed by atoms with van der Waals surface area (Å²) < 4.78 is 0. The van der Waals surface area contributed by atoms with Gasteiger partial charge in [-0.05, 0) is 61.3 Å². The fraction of sp³-hybridized carbons (Fsp3) is 0.462. The minimum atomic E-state index is -0.198. The molecule has 1 N–H and O–H groups in total. The normalized spacial score (nSPS) is 18.0. The average molecular weight is 498 g/mol. The second kappa shape index (κ2) is 12.2. The lowest BCUT2D eigenvalue weighted by molar-refractivity contribution is -0.141. The van der Waals surface area contributed by atoms with Crippen molar-refractivity contribution in [1.29, 1.82) is 0 Å². The lowest BCUT2D eigenvalue weighted by atomic mass is 9.92. The highest BCUT2D eigenvalue weighted by Gasteiger charge is 2.30. The first kappa shape index (κ1) is 25.3. The molecule has 9 heteroatoms. The zero-order valence-corrected chi connectivity index (χ0v) is 20.6. The van der Waals surface area contributed by atoms with E-state index >= 15 is 0 Å². The molecule has 0 bridgehead atoms. The summed E-state index contributed by atoms with van der Waals surface area (Å²) in [6.07, 6.45) is 5.32. The molecule has 2 aliphatic rings. The van der Waals surface area contributed by atoms with Gasteiger partial charge in [-0.2, -0.15) is 0 Å². The van der Waals surface area contributed by atoms with Gasteiger partial charge in [0.25, 0.3) is 0 Å². The van der Waals surface area contributed by atoms with Crippen molar-refractivity contribution < 1.29 is 14.4 Å². The summed E-state index contributed by atoms with van der Waals surface area (Å²) in [7, 11) is 0. The summed E-state index contributed by atoms with van der Waals surface area (Å²) in [5.41, 5.74) is 2.18. The number of amides is 2. The molecule has 186 valence electrons. The number of pyridine rings is 1. The molecule has 1 aromatic carbocycles. The first-order chi connectivity index (χ1) is 17.0. The molecule has 0 atom stereocenters. The fourth-order valence-corrected chi connectivity index (χ4v) is 4.73. The van der Waals surface area contributed by atoms with E-state index < -0.39 is 0 Å². The molecular weight excluding hydrogens is 466 g/mol. The molecule has 0 radical (unpaired) electrons. The molecule has 2 fully saturated rings. The Kier molecular flexibility index (Phi) is 8.84. The first-order valence-electron chi connectivity index (χ1n) is 12.1. The Morgan fingerprint density at radius 3 is 2.31 bits per heavy atom. The van der Waals surface area contributed by atoms with Crippen LogP contribution in [0.15, 0.2) is 48.8 Å². The van der Waals surface area contributed by atoms with Crippen LogP contribution in [0.25, 0.3) is 0 Å². The molecule has 2 amide bonds. The zero-order valence-electron chi connectivity index (χ0n) is 19.9. The Balaban J connectivity index is 1.15. The van der Waals surface area contributed by atoms with Crippen molar-refractivity contribution in [3.8, 4) is 0 Å². The van der Waals surface area contributed by atoms with E-state index in [-0.39, 0.29) is 36.6 Å². The van der Waals surface area contributed by atoms with Crippen molar-refractivity contribution in [2.45, 2.75) is 25.9 Å². The number of halogens is 1. The van der Waals surface area contributed by atoms with Crippen LogP contribution < -0.4 is 5.32 Å². The maximum absolute atomic E-state index is 12.9. The number of piperazine rings is 1. The topological polar surface area (TPSA) is 85.9 Å². The molecule has 8 nitrogen and oxygen atoms in total. The molecule has 2 aromatic rings. The molecule has 35 heavy (non-hydrogen) atoms. The van der Waals surface area contributed by atoms with Gasteiger partial charge in [0.15, 0.2) is 0 Å². The van der Waals surface area contributed by atoms with Gasteiger partial charge < -0.3 is 10.2 Å². The number of carbonyl (C=O) groups excluding carboxylic acids is 3. The third-order valence-corrected chi connectivity index (χ3v) is 6.97. The van der Waals surface area contributed by atoms with Crippen LogP contribution in [-0.2, 0) is 27.5 Å². The van der Waals surface area contributed by atoms with Crippen molar-refractivity contribution in [2.75, 3.05) is 45.8 Å². The number of aromatic nitrogens is 1. The van der Waals surface area contributed by atoms with E-state index in [0.29, 0.717) is 31.2 Å². The van der Waals surface area contributed by atoms with Gasteiger partial charge >= 0.3 is 0 Å². The van der Waals surface area contributed by atoms with Crippen molar-refractivity contribution in [2.24, 2.45) is 5.92 Å². The minimum Gasteiger partial charge on any atom is -0.350 e. The highest BCUT2D eigenvalue weighted by molar-refractivity contribution is 6.30. The minimum absolute atomic E-state index is 0.0319. The monoisotopic (exact) mass is 497 g/mol. The maximum atomic E-state index is 12.9. The maximum Gasteiger partial charge on any atom is 0.239 e. The molecule has 0 saturated carbocycles. The first-order valence-corrected chi connectivity index (χ1v) is 12.5. The van der Waals surface area contributed by atoms with Crippen LogP contribution in [0, 0.1) is 5.92 Å². The third kappa shape index (κ3) is 7.59. The van der Waals surface area contributed by atoms with Crippen LogP contribution >= 0.6 is 11.6 Å². The predicted octanol–water partition coefficient (Wildman–Crippen LogP) is 1.98. The number of ketones is 1. The number of hydrogen-bond donors (Lipinski definition) is 1. The van der Waals surface area contributed by atoms with E-state index in [4.69, 9.17) is 11.6 Å². The van der Waals surface area contributed by atoms with Crippen molar-refractivity contribution in [1.82, 2.24) is 25.0 Å². The van der Waals surface area contributed by atoms with Gasteiger partial charge in [-0.15, -0.1) is 0 Å². The van der Waals surface area contributed by atoms with Crippen LogP contribution in [0.1, 0.15) is 24.0 Å². The van der Waals surface area contributed by atoms with Gasteiger partial charge in [-0.3, -0.25) is 29.2 Å². The Bertz CT molecular complexity index is 1010. The summed E-state index contributed by atoms with van der Waals surface area (Å²) in [5, 5.41) is 3.49. The number of hydrogen-bond acceptors (Lipinski definition) is 6. The predicted molar refractivity (Wildman–Crippen MR) is 134 cm³/mol. The number of nitrogens with zero attached hydrogens (tertiary/aromatic N) is 4. The summed E-state index contributed by atoms with van der Waals surface area (Å²) in [6.45, 7) is 4.63. The summed E-state index contributed by atoms with van der Waals surface area (Å²) in [6, 6.07) is 11.3. The zero-order chi connectivity index (χ0) is 24.6. The quantitative estimate of drug-likeness (QED) is 0.570. The van der Waals surface area contributed by atoms with E-state index in [0.717, 1.165) is 38.0 Å². The highest BCUT2D eigenvalue weighted by atomic mass is 35.5. The van der Waals surface area contributed by atoms with Crippen LogP contribution in [0.5, 0.6) is 0 Å². The Morgan fingerprint density at radius 2 is 1.63 bits per heavy atom. The number of carbonyl (C=O) groups is 3. The van der Waals surface area contributed by atoms with Crippen LogP contribution in [0.2, 0.25) is 5.02 Å². The molecule has 1 aromatic heterocycles. The number of Topliss-reactive ketones (excluding diaryl/α,β-unsaturated/α-hetero) is 1. The molecule has 2 saturated heterocycles.